The van der Waals surface area contributed by atoms with Crippen molar-refractivity contribution in [3.8, 4) is 11.3 Å². The summed E-state index contributed by atoms with van der Waals surface area (Å²) in [6.45, 7) is 0.993. The zero-order valence-corrected chi connectivity index (χ0v) is 18.3. The average Bonchev–Trinajstić information content (AvgIpc) is 3.14. The van der Waals surface area contributed by atoms with Crippen molar-refractivity contribution in [1.82, 2.24) is 18.8 Å². The second kappa shape index (κ2) is 8.60. The Morgan fingerprint density at radius 1 is 1.03 bits per heavy atom. The fraction of sp³-hybridized carbons (Fsp3) is 0.318. The molecule has 1 N–H and O–H groups in total. The molecule has 3 heterocycles. The van der Waals surface area contributed by atoms with Gasteiger partial charge < -0.3 is 4.57 Å². The lowest BCUT2D eigenvalue weighted by Crippen LogP contribution is -2.37. The van der Waals surface area contributed by atoms with Crippen LogP contribution in [0.25, 0.3) is 11.3 Å². The molecule has 0 radical (unpaired) electrons. The van der Waals surface area contributed by atoms with Gasteiger partial charge in [0.15, 0.2) is 0 Å². The van der Waals surface area contributed by atoms with Crippen LogP contribution in [0.4, 0.5) is 5.95 Å². The highest BCUT2D eigenvalue weighted by atomic mass is 32.2. The van der Waals surface area contributed by atoms with Crippen LogP contribution in [0.15, 0.2) is 54.9 Å². The smallest absolute Gasteiger partial charge is 0.259 e. The number of hydrogen-bond donors (Lipinski definition) is 1. The van der Waals surface area contributed by atoms with Crippen LogP contribution in [0, 0.1) is 0 Å². The van der Waals surface area contributed by atoms with Gasteiger partial charge in [-0.05, 0) is 30.5 Å². The van der Waals surface area contributed by atoms with Gasteiger partial charge in [-0.25, -0.2) is 17.7 Å². The van der Waals surface area contributed by atoms with Crippen LogP contribution >= 0.6 is 0 Å². The van der Waals surface area contributed by atoms with Crippen LogP contribution in [0.3, 0.4) is 0 Å². The molecule has 1 aliphatic heterocycles. The lowest BCUT2D eigenvalue weighted by atomic mass is 9.94. The number of sulfonamides is 1. The van der Waals surface area contributed by atoms with Gasteiger partial charge in [-0.15, -0.1) is 0 Å². The molecule has 0 atom stereocenters. The van der Waals surface area contributed by atoms with Gasteiger partial charge in [0.05, 0.1) is 23.7 Å². The normalized spacial score (nSPS) is 15.7. The molecule has 0 aliphatic carbocycles. The number of anilines is 1. The highest BCUT2D eigenvalue weighted by Gasteiger charge is 2.26. The molecule has 0 saturated carbocycles. The molecule has 1 aromatic carbocycles. The van der Waals surface area contributed by atoms with Gasteiger partial charge in [0, 0.05) is 37.9 Å². The number of nitrogens with zero attached hydrogens (tertiary/aromatic N) is 4. The third-order valence-electron chi connectivity index (χ3n) is 5.67. The topological polar surface area (TPSA) is 97.2 Å². The summed E-state index contributed by atoms with van der Waals surface area (Å²) in [5, 5.41) is 2.84. The van der Waals surface area contributed by atoms with Crippen molar-refractivity contribution < 1.29 is 13.2 Å². The van der Waals surface area contributed by atoms with Gasteiger partial charge in [0.25, 0.3) is 5.91 Å². The van der Waals surface area contributed by atoms with E-state index >= 15 is 0 Å². The molecule has 3 aromatic rings. The van der Waals surface area contributed by atoms with Crippen molar-refractivity contribution in [2.75, 3.05) is 24.7 Å². The Morgan fingerprint density at radius 3 is 2.35 bits per heavy atom. The molecule has 1 saturated heterocycles. The van der Waals surface area contributed by atoms with Gasteiger partial charge in [-0.2, -0.15) is 0 Å². The number of benzene rings is 1. The number of hydrogen-bond acceptors (Lipinski definition) is 5. The van der Waals surface area contributed by atoms with E-state index in [2.05, 4.69) is 15.3 Å². The zero-order valence-electron chi connectivity index (χ0n) is 17.5. The van der Waals surface area contributed by atoms with Crippen LogP contribution in [0.1, 0.15) is 34.8 Å². The number of aromatic nitrogens is 3. The van der Waals surface area contributed by atoms with Crippen molar-refractivity contribution in [1.29, 1.82) is 0 Å². The molecule has 9 heteroatoms. The molecule has 0 spiro atoms. The van der Waals surface area contributed by atoms with Crippen LogP contribution in [-0.2, 0) is 17.1 Å². The molecular formula is C22H25N5O3S. The molecule has 31 heavy (non-hydrogen) atoms. The monoisotopic (exact) mass is 439 g/mol. The quantitative estimate of drug-likeness (QED) is 0.659. The molecule has 162 valence electrons. The van der Waals surface area contributed by atoms with Gasteiger partial charge in [-0.3, -0.25) is 15.1 Å². The third kappa shape index (κ3) is 4.67. The molecule has 8 nitrogen and oxygen atoms in total. The first-order valence-electron chi connectivity index (χ1n) is 10.1. The first-order valence-corrected chi connectivity index (χ1v) is 12.0. The molecule has 4 rings (SSSR count). The van der Waals surface area contributed by atoms with Gasteiger partial charge in [-0.1, -0.05) is 30.3 Å². The summed E-state index contributed by atoms with van der Waals surface area (Å²) >= 11 is 0. The summed E-state index contributed by atoms with van der Waals surface area (Å²) in [7, 11) is -1.29. The van der Waals surface area contributed by atoms with E-state index in [-0.39, 0.29) is 11.8 Å². The third-order valence-corrected chi connectivity index (χ3v) is 6.98. The maximum atomic E-state index is 12.7. The number of nitrogens with one attached hydrogen (secondary N) is 1. The van der Waals surface area contributed by atoms with Gasteiger partial charge in [0.2, 0.25) is 16.0 Å². The van der Waals surface area contributed by atoms with Crippen LogP contribution in [-0.4, -0.2) is 52.5 Å². The number of imidazole rings is 1. The van der Waals surface area contributed by atoms with Gasteiger partial charge >= 0.3 is 0 Å². The molecule has 1 amide bonds. The van der Waals surface area contributed by atoms with Crippen LogP contribution in [0.2, 0.25) is 0 Å². The van der Waals surface area contributed by atoms with E-state index in [1.165, 1.54) is 10.6 Å². The molecule has 2 aromatic heterocycles. The summed E-state index contributed by atoms with van der Waals surface area (Å²) in [6.07, 6.45) is 5.98. The van der Waals surface area contributed by atoms with E-state index < -0.39 is 10.0 Å². The largest absolute Gasteiger partial charge is 0.313 e. The van der Waals surface area contributed by atoms with E-state index in [0.717, 1.165) is 29.8 Å². The Hall–Kier alpha value is -3.04. The SMILES string of the molecule is Cn1c(-c2ccccc2)cnc1NC(=O)c1ccc(C2CCN(S(C)(=O)=O)CC2)nc1. The molecular weight excluding hydrogens is 414 g/mol. The number of rotatable bonds is 5. The van der Waals surface area contributed by atoms with E-state index in [4.69, 9.17) is 0 Å². The second-order valence-electron chi connectivity index (χ2n) is 7.75. The maximum Gasteiger partial charge on any atom is 0.259 e. The standard InChI is InChI=1S/C22H25N5O3S/c1-26-20(17-6-4-3-5-7-17)15-24-22(26)25-21(28)18-8-9-19(23-14-18)16-10-12-27(13-11-16)31(2,29)30/h3-9,14-16H,10-13H2,1-2H3,(H,24,25,28). The summed E-state index contributed by atoms with van der Waals surface area (Å²) in [6, 6.07) is 13.5. The molecule has 1 fully saturated rings. The fourth-order valence-corrected chi connectivity index (χ4v) is 4.71. The van der Waals surface area contributed by atoms with Crippen molar-refractivity contribution in [2.24, 2.45) is 7.05 Å². The summed E-state index contributed by atoms with van der Waals surface area (Å²) in [5.74, 6) is 0.374. The number of pyridine rings is 1. The minimum Gasteiger partial charge on any atom is -0.313 e. The Bertz CT molecular complexity index is 1170. The number of piperidine rings is 1. The zero-order chi connectivity index (χ0) is 22.0. The van der Waals surface area contributed by atoms with Crippen molar-refractivity contribution in [3.05, 3.63) is 66.1 Å². The second-order valence-corrected chi connectivity index (χ2v) is 9.74. The van der Waals surface area contributed by atoms with E-state index in [1.54, 1.807) is 18.5 Å². The molecule has 0 unspecified atom stereocenters. The van der Waals surface area contributed by atoms with E-state index in [1.807, 2.05) is 48.0 Å². The number of carbonyl (C=O) groups is 1. The van der Waals surface area contributed by atoms with Gasteiger partial charge in [0.1, 0.15) is 0 Å². The molecule has 0 bridgehead atoms. The first kappa shape index (κ1) is 21.2. The highest BCUT2D eigenvalue weighted by molar-refractivity contribution is 7.88. The Labute approximate surface area is 182 Å². The summed E-state index contributed by atoms with van der Waals surface area (Å²) in [4.78, 5) is 21.5. The highest BCUT2D eigenvalue weighted by Crippen LogP contribution is 2.28. The predicted octanol–water partition coefficient (Wildman–Crippen LogP) is 2.87. The van der Waals surface area contributed by atoms with Crippen molar-refractivity contribution >= 4 is 21.9 Å². The lowest BCUT2D eigenvalue weighted by Gasteiger charge is -2.29. The van der Waals surface area contributed by atoms with Crippen LogP contribution in [0.5, 0.6) is 0 Å². The van der Waals surface area contributed by atoms with Crippen LogP contribution < -0.4 is 5.32 Å². The number of carbonyl (C=O) groups excluding carboxylic acids is 1. The maximum absolute atomic E-state index is 12.7. The first-order chi connectivity index (χ1) is 14.8. The van der Waals surface area contributed by atoms with Crippen molar-refractivity contribution in [2.45, 2.75) is 18.8 Å². The Kier molecular flexibility index (Phi) is 5.88. The minimum absolute atomic E-state index is 0.193. The average molecular weight is 440 g/mol. The summed E-state index contributed by atoms with van der Waals surface area (Å²) < 4.78 is 26.7. The van der Waals surface area contributed by atoms with E-state index in [9.17, 15) is 13.2 Å². The Balaban J connectivity index is 1.41. The van der Waals surface area contributed by atoms with E-state index in [0.29, 0.717) is 24.6 Å². The molecule has 1 aliphatic rings. The predicted molar refractivity (Wildman–Crippen MR) is 119 cm³/mol. The minimum atomic E-state index is -3.15. The van der Waals surface area contributed by atoms with Crippen molar-refractivity contribution in [3.63, 3.8) is 0 Å². The lowest BCUT2D eigenvalue weighted by molar-refractivity contribution is 0.102. The summed E-state index contributed by atoms with van der Waals surface area (Å²) in [5.41, 5.74) is 3.25. The number of amides is 1. The fourth-order valence-electron chi connectivity index (χ4n) is 3.84. The Morgan fingerprint density at radius 2 is 1.74 bits per heavy atom.